The van der Waals surface area contributed by atoms with Gasteiger partial charge in [0, 0.05) is 17.3 Å². The quantitative estimate of drug-likeness (QED) is 0.440. The van der Waals surface area contributed by atoms with Crippen molar-refractivity contribution in [1.82, 2.24) is 19.1 Å². The molecule has 0 bridgehead atoms. The fraction of sp³-hybridized carbons (Fsp3) is 0.111. The number of benzene rings is 1. The Labute approximate surface area is 174 Å². The normalized spacial score (nSPS) is 11.9. The Kier molecular flexibility index (Phi) is 4.94. The molecule has 2 aromatic rings. The number of fused-ring (bicyclic) bond motifs is 1. The molecule has 154 valence electrons. The molecule has 3 heterocycles. The van der Waals surface area contributed by atoms with E-state index in [9.17, 15) is 27.2 Å². The first-order chi connectivity index (χ1) is 14.1. The van der Waals surface area contributed by atoms with Crippen molar-refractivity contribution in [3.8, 4) is 17.1 Å². The number of hydrogen-bond donors (Lipinski definition) is 0. The van der Waals surface area contributed by atoms with Crippen molar-refractivity contribution in [3.05, 3.63) is 84.3 Å². The smallest absolute Gasteiger partial charge is 0.327 e. The Hall–Kier alpha value is -3.05. The van der Waals surface area contributed by atoms with Crippen molar-refractivity contribution in [2.24, 2.45) is 0 Å². The van der Waals surface area contributed by atoms with Gasteiger partial charge in [0.05, 0.1) is 23.4 Å². The minimum atomic E-state index is -4.99. The average molecular weight is 457 g/mol. The first-order valence-electron chi connectivity index (χ1n) is 8.24. The van der Waals surface area contributed by atoms with E-state index in [2.05, 4.69) is 9.97 Å². The zero-order valence-electron chi connectivity index (χ0n) is 14.7. The molecule has 2 aliphatic heterocycles. The second-order valence-corrected chi connectivity index (χ2v) is 7.85. The predicted octanol–water partition coefficient (Wildman–Crippen LogP) is 3.82. The summed E-state index contributed by atoms with van der Waals surface area (Å²) in [5.74, 6) is -1.46. The van der Waals surface area contributed by atoms with Crippen LogP contribution in [0.3, 0.4) is 0 Å². The highest BCUT2D eigenvalue weighted by Crippen LogP contribution is 2.32. The van der Waals surface area contributed by atoms with Crippen LogP contribution in [0.15, 0.2) is 52.3 Å². The molecule has 6 nitrogen and oxygen atoms in total. The van der Waals surface area contributed by atoms with E-state index in [-0.39, 0.29) is 17.9 Å². The van der Waals surface area contributed by atoms with Crippen LogP contribution in [0.25, 0.3) is 17.1 Å². The third-order valence-electron chi connectivity index (χ3n) is 4.23. The molecule has 0 saturated heterocycles. The van der Waals surface area contributed by atoms with Crippen molar-refractivity contribution < 1.29 is 17.6 Å². The van der Waals surface area contributed by atoms with Crippen LogP contribution in [0.5, 0.6) is 0 Å². The summed E-state index contributed by atoms with van der Waals surface area (Å²) in [6, 6.07) is 4.80. The number of thiazole rings is 1. The van der Waals surface area contributed by atoms with Gasteiger partial charge in [0.25, 0.3) is 5.56 Å². The minimum absolute atomic E-state index is 0.00518. The van der Waals surface area contributed by atoms with Gasteiger partial charge in [-0.15, -0.1) is 11.3 Å². The number of rotatable bonds is 3. The van der Waals surface area contributed by atoms with Gasteiger partial charge in [-0.3, -0.25) is 4.79 Å². The van der Waals surface area contributed by atoms with E-state index < -0.39 is 34.5 Å². The molecule has 1 aromatic carbocycles. The van der Waals surface area contributed by atoms with Crippen molar-refractivity contribution >= 4 is 22.9 Å². The second kappa shape index (κ2) is 7.33. The number of nitrogens with zero attached hydrogens (tertiary/aromatic N) is 4. The average Bonchev–Trinajstić information content (AvgIpc) is 3.07. The lowest BCUT2D eigenvalue weighted by atomic mass is 10.1. The molecule has 0 unspecified atom stereocenters. The molecule has 0 spiro atoms. The summed E-state index contributed by atoms with van der Waals surface area (Å²) < 4.78 is 55.0. The van der Waals surface area contributed by atoms with Gasteiger partial charge in [-0.2, -0.15) is 18.2 Å². The zero-order chi connectivity index (χ0) is 21.6. The van der Waals surface area contributed by atoms with E-state index in [0.717, 1.165) is 10.9 Å². The second-order valence-electron chi connectivity index (χ2n) is 6.15. The van der Waals surface area contributed by atoms with E-state index in [1.165, 1.54) is 34.2 Å². The van der Waals surface area contributed by atoms with Crippen molar-refractivity contribution in [2.45, 2.75) is 12.7 Å². The predicted molar refractivity (Wildman–Crippen MR) is 102 cm³/mol. The lowest BCUT2D eigenvalue weighted by Gasteiger charge is -2.15. The lowest BCUT2D eigenvalue weighted by Crippen LogP contribution is -2.37. The molecule has 0 N–H and O–H groups in total. The van der Waals surface area contributed by atoms with Crippen LogP contribution in [0.1, 0.15) is 10.4 Å². The van der Waals surface area contributed by atoms with Crippen LogP contribution in [0, 0.1) is 5.82 Å². The number of hydrogen-bond acceptors (Lipinski definition) is 5. The number of aromatic nitrogens is 4. The van der Waals surface area contributed by atoms with Crippen LogP contribution in [0.2, 0.25) is 4.47 Å². The largest absolute Gasteiger partial charge is 0.419 e. The van der Waals surface area contributed by atoms with E-state index in [0.29, 0.717) is 21.2 Å². The van der Waals surface area contributed by atoms with Crippen LogP contribution in [0.4, 0.5) is 17.6 Å². The first kappa shape index (κ1) is 20.2. The zero-order valence-corrected chi connectivity index (χ0v) is 16.2. The summed E-state index contributed by atoms with van der Waals surface area (Å²) in [7, 11) is 0. The van der Waals surface area contributed by atoms with Crippen LogP contribution in [-0.2, 0) is 12.7 Å². The molecule has 0 atom stereocenters. The monoisotopic (exact) mass is 456 g/mol. The molecule has 1 aromatic heterocycles. The third kappa shape index (κ3) is 3.61. The lowest BCUT2D eigenvalue weighted by molar-refractivity contribution is -0.140. The standard InChI is InChI=1S/C18H9ClF4N4O2S/c19-16-24-7-10(30-16)8-26-5-1-2-11-14(26)25-17(29)27(15(11)28)9-3-4-13(20)12(6-9)18(21,22)23/h1-7H,8H2. The van der Waals surface area contributed by atoms with Gasteiger partial charge >= 0.3 is 11.9 Å². The van der Waals surface area contributed by atoms with Gasteiger partial charge in [0.1, 0.15) is 5.82 Å². The molecular formula is C18H9ClF4N4O2S. The maximum Gasteiger partial charge on any atom is 0.419 e. The number of halogens is 5. The Bertz CT molecular complexity index is 1350. The van der Waals surface area contributed by atoms with E-state index in [1.54, 1.807) is 6.20 Å². The van der Waals surface area contributed by atoms with Gasteiger partial charge < -0.3 is 4.57 Å². The summed E-state index contributed by atoms with van der Waals surface area (Å²) in [4.78, 5) is 34.0. The van der Waals surface area contributed by atoms with Gasteiger partial charge in [-0.25, -0.2) is 18.7 Å². The molecule has 0 fully saturated rings. The Morgan fingerprint density at radius 1 is 1.17 bits per heavy atom. The topological polar surface area (TPSA) is 69.8 Å². The fourth-order valence-corrected chi connectivity index (χ4v) is 3.91. The molecule has 12 heteroatoms. The summed E-state index contributed by atoms with van der Waals surface area (Å²) in [6.45, 7) is 0.229. The highest BCUT2D eigenvalue weighted by molar-refractivity contribution is 7.15. The number of alkyl halides is 3. The molecule has 0 radical (unpaired) electrons. The van der Waals surface area contributed by atoms with Gasteiger partial charge in [0.2, 0.25) is 0 Å². The molecule has 0 amide bonds. The summed E-state index contributed by atoms with van der Waals surface area (Å²) >= 11 is 7.02. The fourth-order valence-electron chi connectivity index (χ4n) is 2.93. The third-order valence-corrected chi connectivity index (χ3v) is 5.33. The minimum Gasteiger partial charge on any atom is -0.327 e. The first-order valence-corrected chi connectivity index (χ1v) is 9.44. The van der Waals surface area contributed by atoms with E-state index in [4.69, 9.17) is 11.6 Å². The number of pyridine rings is 1. The maximum atomic E-state index is 13.6. The van der Waals surface area contributed by atoms with E-state index in [1.807, 2.05) is 0 Å². The highest BCUT2D eigenvalue weighted by atomic mass is 35.5. The van der Waals surface area contributed by atoms with E-state index >= 15 is 0 Å². The Morgan fingerprint density at radius 3 is 2.60 bits per heavy atom. The molecule has 0 aliphatic carbocycles. The van der Waals surface area contributed by atoms with Crippen molar-refractivity contribution in [2.75, 3.05) is 0 Å². The Morgan fingerprint density at radius 2 is 1.93 bits per heavy atom. The summed E-state index contributed by atoms with van der Waals surface area (Å²) in [5.41, 5.74) is -3.98. The summed E-state index contributed by atoms with van der Waals surface area (Å²) in [5, 5.41) is 0. The van der Waals surface area contributed by atoms with Crippen LogP contribution in [-0.4, -0.2) is 19.1 Å². The summed E-state index contributed by atoms with van der Waals surface area (Å²) in [6.07, 6.45) is -1.86. The van der Waals surface area contributed by atoms with Crippen molar-refractivity contribution in [1.29, 1.82) is 0 Å². The molecule has 4 rings (SSSR count). The van der Waals surface area contributed by atoms with Crippen LogP contribution < -0.4 is 11.2 Å². The Balaban J connectivity index is 1.89. The highest BCUT2D eigenvalue weighted by Gasteiger charge is 2.34. The van der Waals surface area contributed by atoms with Gasteiger partial charge in [-0.1, -0.05) is 11.6 Å². The van der Waals surface area contributed by atoms with Gasteiger partial charge in [-0.05, 0) is 30.3 Å². The molecular weight excluding hydrogens is 448 g/mol. The molecule has 30 heavy (non-hydrogen) atoms. The van der Waals surface area contributed by atoms with Crippen LogP contribution >= 0.6 is 22.9 Å². The van der Waals surface area contributed by atoms with Crippen molar-refractivity contribution in [3.63, 3.8) is 0 Å². The molecule has 2 aliphatic rings. The molecule has 0 saturated carbocycles. The maximum absolute atomic E-state index is 13.6. The van der Waals surface area contributed by atoms with Gasteiger partial charge in [0.15, 0.2) is 10.3 Å². The SMILES string of the molecule is O=c1nc2n(Cc3cnc(Cl)s3)cccc-2c(=O)n1-c1ccc(F)c(C(F)(F)F)c1.